The molecule has 0 heterocycles. The van der Waals surface area contributed by atoms with Crippen molar-refractivity contribution in [1.29, 1.82) is 0 Å². The maximum Gasteiger partial charge on any atom is 0.298 e. The van der Waals surface area contributed by atoms with E-state index in [1.54, 1.807) is 12.1 Å². The largest absolute Gasteiger partial charge is 0.495 e. The molecule has 0 fully saturated rings. The van der Waals surface area contributed by atoms with Crippen LogP contribution in [0.4, 0.5) is 11.4 Å². The predicted octanol–water partition coefficient (Wildman–Crippen LogP) is 0.153. The van der Waals surface area contributed by atoms with Gasteiger partial charge in [0.15, 0.2) is 0 Å². The fourth-order valence-corrected chi connectivity index (χ4v) is 1.54. The first-order valence-corrected chi connectivity index (χ1v) is 5.61. The number of hydrogen-bond acceptors (Lipinski definition) is 4. The third kappa shape index (κ3) is 3.00. The second-order valence-electron chi connectivity index (χ2n) is 2.77. The van der Waals surface area contributed by atoms with Gasteiger partial charge < -0.3 is 10.5 Å². The molecule has 84 valence electrons. The SMILES string of the molecule is CNS(=O)(=O)Nc1ccc(OC)c(N)c1. The topological polar surface area (TPSA) is 93.5 Å². The molecule has 0 aromatic heterocycles. The van der Waals surface area contributed by atoms with E-state index in [0.29, 0.717) is 17.1 Å². The van der Waals surface area contributed by atoms with Gasteiger partial charge in [0, 0.05) is 7.05 Å². The molecule has 7 heteroatoms. The summed E-state index contributed by atoms with van der Waals surface area (Å²) in [5.74, 6) is 0.502. The molecule has 0 radical (unpaired) electrons. The average molecular weight is 231 g/mol. The number of methoxy groups -OCH3 is 1. The summed E-state index contributed by atoms with van der Waals surface area (Å²) in [6, 6.07) is 4.63. The average Bonchev–Trinajstić information content (AvgIpc) is 2.17. The molecule has 6 nitrogen and oxygen atoms in total. The molecular weight excluding hydrogens is 218 g/mol. The zero-order valence-corrected chi connectivity index (χ0v) is 9.26. The van der Waals surface area contributed by atoms with Crippen LogP contribution in [0.2, 0.25) is 0 Å². The van der Waals surface area contributed by atoms with Crippen LogP contribution in [0.25, 0.3) is 0 Å². The first-order valence-electron chi connectivity index (χ1n) is 4.13. The number of ether oxygens (including phenoxy) is 1. The van der Waals surface area contributed by atoms with Crippen LogP contribution >= 0.6 is 0 Å². The lowest BCUT2D eigenvalue weighted by atomic mass is 10.2. The third-order valence-corrected chi connectivity index (χ3v) is 2.79. The molecule has 0 saturated carbocycles. The molecule has 0 aliphatic rings. The molecule has 1 rings (SSSR count). The van der Waals surface area contributed by atoms with Crippen molar-refractivity contribution in [2.75, 3.05) is 24.6 Å². The van der Waals surface area contributed by atoms with Crippen molar-refractivity contribution in [3.05, 3.63) is 18.2 Å². The van der Waals surface area contributed by atoms with Gasteiger partial charge in [-0.2, -0.15) is 8.42 Å². The van der Waals surface area contributed by atoms with Crippen molar-refractivity contribution in [2.24, 2.45) is 0 Å². The van der Waals surface area contributed by atoms with Gasteiger partial charge in [0.05, 0.1) is 18.5 Å². The summed E-state index contributed by atoms with van der Waals surface area (Å²) in [7, 11) is -0.701. The van der Waals surface area contributed by atoms with E-state index in [4.69, 9.17) is 10.5 Å². The van der Waals surface area contributed by atoms with Crippen molar-refractivity contribution in [3.8, 4) is 5.75 Å². The fraction of sp³-hybridized carbons (Fsp3) is 0.250. The van der Waals surface area contributed by atoms with Gasteiger partial charge in [0.1, 0.15) is 5.75 Å². The van der Waals surface area contributed by atoms with Gasteiger partial charge in [-0.3, -0.25) is 4.72 Å². The molecule has 0 amide bonds. The third-order valence-electron chi connectivity index (χ3n) is 1.75. The zero-order chi connectivity index (χ0) is 11.5. The summed E-state index contributed by atoms with van der Waals surface area (Å²) >= 11 is 0. The molecular formula is C8H13N3O3S. The van der Waals surface area contributed by atoms with Crippen molar-refractivity contribution in [1.82, 2.24) is 4.72 Å². The summed E-state index contributed by atoms with van der Waals surface area (Å²) in [6.07, 6.45) is 0. The van der Waals surface area contributed by atoms with Gasteiger partial charge in [-0.15, -0.1) is 0 Å². The number of hydrogen-bond donors (Lipinski definition) is 3. The lowest BCUT2D eigenvalue weighted by Gasteiger charge is -2.09. The minimum atomic E-state index is -3.51. The molecule has 0 aliphatic heterocycles. The van der Waals surface area contributed by atoms with Crippen LogP contribution in [-0.2, 0) is 10.2 Å². The first kappa shape index (κ1) is 11.6. The summed E-state index contributed by atoms with van der Waals surface area (Å²) in [5, 5.41) is 0. The second-order valence-corrected chi connectivity index (χ2v) is 4.39. The molecule has 1 aromatic carbocycles. The smallest absolute Gasteiger partial charge is 0.298 e. The minimum absolute atomic E-state index is 0.369. The van der Waals surface area contributed by atoms with Crippen LogP contribution in [0.1, 0.15) is 0 Å². The minimum Gasteiger partial charge on any atom is -0.495 e. The zero-order valence-electron chi connectivity index (χ0n) is 8.44. The predicted molar refractivity (Wildman–Crippen MR) is 59.0 cm³/mol. The number of nitrogens with one attached hydrogen (secondary N) is 2. The van der Waals surface area contributed by atoms with Gasteiger partial charge in [-0.05, 0) is 18.2 Å². The lowest BCUT2D eigenvalue weighted by molar-refractivity contribution is 0.417. The van der Waals surface area contributed by atoms with Crippen LogP contribution in [0, 0.1) is 0 Å². The van der Waals surface area contributed by atoms with E-state index in [-0.39, 0.29) is 0 Å². The van der Waals surface area contributed by atoms with E-state index in [9.17, 15) is 8.42 Å². The molecule has 0 saturated heterocycles. The molecule has 4 N–H and O–H groups in total. The number of rotatable bonds is 4. The van der Waals surface area contributed by atoms with Crippen molar-refractivity contribution in [2.45, 2.75) is 0 Å². The fourth-order valence-electron chi connectivity index (χ4n) is 1.00. The summed E-state index contributed by atoms with van der Waals surface area (Å²) in [6.45, 7) is 0. The van der Waals surface area contributed by atoms with Crippen molar-refractivity contribution >= 4 is 21.6 Å². The molecule has 15 heavy (non-hydrogen) atoms. The number of nitrogen functional groups attached to an aromatic ring is 1. The van der Waals surface area contributed by atoms with Crippen LogP contribution < -0.4 is 19.9 Å². The lowest BCUT2D eigenvalue weighted by Crippen LogP contribution is -2.26. The molecule has 0 unspecified atom stereocenters. The van der Waals surface area contributed by atoms with Crippen LogP contribution in [-0.4, -0.2) is 22.6 Å². The number of anilines is 2. The first-order chi connectivity index (χ1) is 6.98. The van der Waals surface area contributed by atoms with Crippen molar-refractivity contribution in [3.63, 3.8) is 0 Å². The molecule has 0 atom stereocenters. The number of benzene rings is 1. The Labute approximate surface area is 88.6 Å². The maximum absolute atomic E-state index is 11.1. The Hall–Kier alpha value is -1.47. The van der Waals surface area contributed by atoms with Gasteiger partial charge in [-0.1, -0.05) is 0 Å². The van der Waals surface area contributed by atoms with Crippen LogP contribution in [0.15, 0.2) is 18.2 Å². The summed E-state index contributed by atoms with van der Waals surface area (Å²) in [5.41, 5.74) is 6.36. The van der Waals surface area contributed by atoms with Gasteiger partial charge in [-0.25, -0.2) is 4.72 Å². The van der Waals surface area contributed by atoms with Gasteiger partial charge in [0.25, 0.3) is 10.2 Å². The molecule has 1 aromatic rings. The quantitative estimate of drug-likeness (QED) is 0.643. The van der Waals surface area contributed by atoms with Crippen LogP contribution in [0.3, 0.4) is 0 Å². The maximum atomic E-state index is 11.1. The normalized spacial score (nSPS) is 11.1. The molecule has 0 bridgehead atoms. The Morgan fingerprint density at radius 3 is 2.53 bits per heavy atom. The summed E-state index contributed by atoms with van der Waals surface area (Å²) in [4.78, 5) is 0. The van der Waals surface area contributed by atoms with Gasteiger partial charge >= 0.3 is 0 Å². The van der Waals surface area contributed by atoms with Gasteiger partial charge in [0.2, 0.25) is 0 Å². The number of nitrogens with two attached hydrogens (primary N) is 1. The highest BCUT2D eigenvalue weighted by Gasteiger charge is 2.07. The monoisotopic (exact) mass is 231 g/mol. The summed E-state index contributed by atoms with van der Waals surface area (Å²) < 4.78 is 31.6. The molecule has 0 spiro atoms. The highest BCUT2D eigenvalue weighted by Crippen LogP contribution is 2.24. The van der Waals surface area contributed by atoms with E-state index in [1.165, 1.54) is 20.2 Å². The Bertz CT molecular complexity index is 444. The Morgan fingerprint density at radius 2 is 2.07 bits per heavy atom. The van der Waals surface area contributed by atoms with E-state index in [1.807, 2.05) is 0 Å². The Kier molecular flexibility index (Phi) is 3.38. The molecule has 0 aliphatic carbocycles. The highest BCUT2D eigenvalue weighted by molar-refractivity contribution is 7.90. The van der Waals surface area contributed by atoms with E-state index >= 15 is 0 Å². The second kappa shape index (κ2) is 4.37. The van der Waals surface area contributed by atoms with Crippen LogP contribution in [0.5, 0.6) is 5.75 Å². The Balaban J connectivity index is 2.94. The standard InChI is InChI=1S/C8H13N3O3S/c1-10-15(12,13)11-6-3-4-8(14-2)7(9)5-6/h3-5,10-11H,9H2,1-2H3. The Morgan fingerprint density at radius 1 is 1.40 bits per heavy atom. The van der Waals surface area contributed by atoms with Crippen molar-refractivity contribution < 1.29 is 13.2 Å². The van der Waals surface area contributed by atoms with E-state index in [2.05, 4.69) is 9.44 Å². The highest BCUT2D eigenvalue weighted by atomic mass is 32.2. The van der Waals surface area contributed by atoms with E-state index < -0.39 is 10.2 Å². The van der Waals surface area contributed by atoms with E-state index in [0.717, 1.165) is 0 Å².